The van der Waals surface area contributed by atoms with Crippen molar-refractivity contribution in [2.75, 3.05) is 6.54 Å². The minimum absolute atomic E-state index is 0.0235. The van der Waals surface area contributed by atoms with Crippen LogP contribution in [0.4, 0.5) is 0 Å². The predicted octanol–water partition coefficient (Wildman–Crippen LogP) is 2.05. The standard InChI is InChI=1S/C19H16N4O3S2/c1-2-8-22-28(25,26)16-5-3-4-15(11-16)19(24)21-12-18-23-17(13-27-18)14-6-9-20-10-7-14/h1,3-7,9-11,13,22H,8,12H2,(H,21,24). The van der Waals surface area contributed by atoms with Gasteiger partial charge in [0.2, 0.25) is 10.0 Å². The van der Waals surface area contributed by atoms with Gasteiger partial charge in [-0.1, -0.05) is 12.0 Å². The van der Waals surface area contributed by atoms with Crippen LogP contribution >= 0.6 is 11.3 Å². The highest BCUT2D eigenvalue weighted by Crippen LogP contribution is 2.21. The Labute approximate surface area is 166 Å². The second-order valence-corrected chi connectivity index (χ2v) is 8.31. The first kappa shape index (κ1) is 19.7. The van der Waals surface area contributed by atoms with E-state index >= 15 is 0 Å². The van der Waals surface area contributed by atoms with Crippen molar-refractivity contribution in [2.45, 2.75) is 11.4 Å². The lowest BCUT2D eigenvalue weighted by Gasteiger charge is -2.07. The fourth-order valence-electron chi connectivity index (χ4n) is 2.33. The number of hydrogen-bond acceptors (Lipinski definition) is 6. The van der Waals surface area contributed by atoms with Crippen molar-refractivity contribution in [1.29, 1.82) is 0 Å². The molecule has 0 saturated carbocycles. The number of benzene rings is 1. The average molecular weight is 412 g/mol. The molecule has 0 radical (unpaired) electrons. The molecule has 1 aromatic carbocycles. The summed E-state index contributed by atoms with van der Waals surface area (Å²) in [5, 5.41) is 5.39. The van der Waals surface area contributed by atoms with Crippen LogP contribution in [0.2, 0.25) is 0 Å². The molecule has 0 aliphatic carbocycles. The molecule has 9 heteroatoms. The lowest BCUT2D eigenvalue weighted by Crippen LogP contribution is -2.25. The molecule has 0 aliphatic rings. The van der Waals surface area contributed by atoms with Crippen molar-refractivity contribution in [3.8, 4) is 23.6 Å². The molecule has 0 atom stereocenters. The lowest BCUT2D eigenvalue weighted by atomic mass is 10.2. The Balaban J connectivity index is 1.67. The first-order valence-corrected chi connectivity index (χ1v) is 10.5. The lowest BCUT2D eigenvalue weighted by molar-refractivity contribution is 0.0950. The van der Waals surface area contributed by atoms with E-state index in [9.17, 15) is 13.2 Å². The number of nitrogens with zero attached hydrogens (tertiary/aromatic N) is 2. The quantitative estimate of drug-likeness (QED) is 0.579. The molecule has 28 heavy (non-hydrogen) atoms. The van der Waals surface area contributed by atoms with Crippen LogP contribution in [0, 0.1) is 12.3 Å². The zero-order valence-corrected chi connectivity index (χ0v) is 16.3. The smallest absolute Gasteiger partial charge is 0.251 e. The molecule has 0 fully saturated rings. The molecular weight excluding hydrogens is 396 g/mol. The van der Waals surface area contributed by atoms with Crippen LogP contribution in [-0.4, -0.2) is 30.8 Å². The number of rotatable bonds is 7. The third kappa shape index (κ3) is 4.80. The number of carbonyl (C=O) groups is 1. The summed E-state index contributed by atoms with van der Waals surface area (Å²) in [7, 11) is -3.76. The van der Waals surface area contributed by atoms with Gasteiger partial charge in [0.15, 0.2) is 0 Å². The minimum Gasteiger partial charge on any atom is -0.346 e. The summed E-state index contributed by atoms with van der Waals surface area (Å²) in [5.41, 5.74) is 1.99. The summed E-state index contributed by atoms with van der Waals surface area (Å²) in [6, 6.07) is 9.47. The first-order valence-electron chi connectivity index (χ1n) is 8.16. The number of aromatic nitrogens is 2. The van der Waals surface area contributed by atoms with Crippen molar-refractivity contribution in [3.63, 3.8) is 0 Å². The van der Waals surface area contributed by atoms with Crippen molar-refractivity contribution in [2.24, 2.45) is 0 Å². The average Bonchev–Trinajstić information content (AvgIpc) is 3.20. The number of amides is 1. The molecule has 0 aliphatic heterocycles. The maximum atomic E-state index is 12.4. The molecule has 7 nitrogen and oxygen atoms in total. The molecule has 3 aromatic rings. The summed E-state index contributed by atoms with van der Waals surface area (Å²) >= 11 is 1.43. The molecule has 2 N–H and O–H groups in total. The summed E-state index contributed by atoms with van der Waals surface area (Å²) in [6.45, 7) is 0.115. The van der Waals surface area contributed by atoms with E-state index in [1.807, 2.05) is 17.5 Å². The highest BCUT2D eigenvalue weighted by atomic mass is 32.2. The Morgan fingerprint density at radius 1 is 1.21 bits per heavy atom. The topological polar surface area (TPSA) is 101 Å². The Kier molecular flexibility index (Phi) is 6.16. The molecule has 1 amide bonds. The summed E-state index contributed by atoms with van der Waals surface area (Å²) in [4.78, 5) is 20.8. The zero-order valence-electron chi connectivity index (χ0n) is 14.6. The van der Waals surface area contributed by atoms with Crippen molar-refractivity contribution >= 4 is 27.3 Å². The predicted molar refractivity (Wildman–Crippen MR) is 107 cm³/mol. The largest absolute Gasteiger partial charge is 0.346 e. The highest BCUT2D eigenvalue weighted by molar-refractivity contribution is 7.89. The molecular formula is C19H16N4O3S2. The minimum atomic E-state index is -3.76. The molecule has 142 valence electrons. The highest BCUT2D eigenvalue weighted by Gasteiger charge is 2.16. The van der Waals surface area contributed by atoms with E-state index in [4.69, 9.17) is 6.42 Å². The molecule has 0 spiro atoms. The van der Waals surface area contributed by atoms with E-state index in [0.29, 0.717) is 0 Å². The molecule has 2 heterocycles. The van der Waals surface area contributed by atoms with E-state index in [2.05, 4.69) is 25.9 Å². The Hall–Kier alpha value is -3.06. The van der Waals surface area contributed by atoms with E-state index in [1.54, 1.807) is 18.5 Å². The summed E-state index contributed by atoms with van der Waals surface area (Å²) < 4.78 is 26.5. The molecule has 2 aromatic heterocycles. The van der Waals surface area contributed by atoms with Gasteiger partial charge in [-0.15, -0.1) is 17.8 Å². The van der Waals surface area contributed by atoms with Crippen LogP contribution in [0.1, 0.15) is 15.4 Å². The van der Waals surface area contributed by atoms with Gasteiger partial charge in [-0.3, -0.25) is 9.78 Å². The van der Waals surface area contributed by atoms with E-state index in [-0.39, 0.29) is 23.5 Å². The fourth-order valence-corrected chi connectivity index (χ4v) is 4.05. The van der Waals surface area contributed by atoms with Gasteiger partial charge >= 0.3 is 0 Å². The van der Waals surface area contributed by atoms with Gasteiger partial charge in [0.1, 0.15) is 5.01 Å². The third-order valence-corrected chi connectivity index (χ3v) is 5.95. The van der Waals surface area contributed by atoms with Gasteiger partial charge in [0, 0.05) is 28.9 Å². The number of terminal acetylenes is 1. The number of pyridine rings is 1. The third-order valence-electron chi connectivity index (χ3n) is 3.70. The van der Waals surface area contributed by atoms with Crippen LogP contribution in [0.5, 0.6) is 0 Å². The van der Waals surface area contributed by atoms with Gasteiger partial charge in [-0.2, -0.15) is 4.72 Å². The van der Waals surface area contributed by atoms with Crippen LogP contribution in [0.25, 0.3) is 11.3 Å². The molecule has 3 rings (SSSR count). The van der Waals surface area contributed by atoms with Crippen molar-refractivity contribution < 1.29 is 13.2 Å². The fraction of sp³-hybridized carbons (Fsp3) is 0.105. The zero-order chi connectivity index (χ0) is 20.0. The van der Waals surface area contributed by atoms with Gasteiger partial charge in [0.25, 0.3) is 5.91 Å². The number of nitrogens with one attached hydrogen (secondary N) is 2. The normalized spacial score (nSPS) is 11.0. The van der Waals surface area contributed by atoms with E-state index in [0.717, 1.165) is 16.3 Å². The summed E-state index contributed by atoms with van der Waals surface area (Å²) in [5.74, 6) is 1.81. The van der Waals surface area contributed by atoms with Crippen LogP contribution in [0.3, 0.4) is 0 Å². The SMILES string of the molecule is C#CCNS(=O)(=O)c1cccc(C(=O)NCc2nc(-c3ccncc3)cs2)c1. The molecule has 0 unspecified atom stereocenters. The van der Waals surface area contributed by atoms with Gasteiger partial charge < -0.3 is 5.32 Å². The Bertz CT molecular complexity index is 1120. The molecule has 0 saturated heterocycles. The first-order chi connectivity index (χ1) is 13.5. The second kappa shape index (κ2) is 8.75. The van der Waals surface area contributed by atoms with Crippen molar-refractivity contribution in [3.05, 3.63) is 64.7 Å². The number of hydrogen-bond donors (Lipinski definition) is 2. The van der Waals surface area contributed by atoms with Crippen molar-refractivity contribution in [1.82, 2.24) is 20.0 Å². The van der Waals surface area contributed by atoms with Gasteiger partial charge in [-0.25, -0.2) is 13.4 Å². The number of carbonyl (C=O) groups excluding carboxylic acids is 1. The Morgan fingerprint density at radius 2 is 2.00 bits per heavy atom. The number of sulfonamides is 1. The van der Waals surface area contributed by atoms with Crippen LogP contribution in [-0.2, 0) is 16.6 Å². The maximum absolute atomic E-state index is 12.4. The van der Waals surface area contributed by atoms with Crippen LogP contribution in [0.15, 0.2) is 59.1 Å². The maximum Gasteiger partial charge on any atom is 0.251 e. The Morgan fingerprint density at radius 3 is 2.75 bits per heavy atom. The van der Waals surface area contributed by atoms with Gasteiger partial charge in [0.05, 0.1) is 23.7 Å². The molecule has 0 bridgehead atoms. The van der Waals surface area contributed by atoms with E-state index in [1.165, 1.54) is 29.5 Å². The monoisotopic (exact) mass is 412 g/mol. The van der Waals surface area contributed by atoms with Crippen LogP contribution < -0.4 is 10.0 Å². The van der Waals surface area contributed by atoms with E-state index < -0.39 is 15.9 Å². The summed E-state index contributed by atoms with van der Waals surface area (Å²) in [6.07, 6.45) is 8.46. The second-order valence-electron chi connectivity index (χ2n) is 5.60. The number of thiazole rings is 1. The van der Waals surface area contributed by atoms with Gasteiger partial charge in [-0.05, 0) is 30.3 Å².